The van der Waals surface area contributed by atoms with Crippen LogP contribution in [-0.2, 0) is 4.74 Å². The average molecular weight is 446 g/mol. The molecule has 9 nitrogen and oxygen atoms in total. The minimum absolute atomic E-state index is 0.203. The molecule has 1 aromatic carbocycles. The van der Waals surface area contributed by atoms with Gasteiger partial charge in [0.15, 0.2) is 10.8 Å². The van der Waals surface area contributed by atoms with E-state index in [-0.39, 0.29) is 6.03 Å². The molecule has 0 bridgehead atoms. The summed E-state index contributed by atoms with van der Waals surface area (Å²) < 4.78 is 5.33. The molecule has 5 rings (SSSR count). The van der Waals surface area contributed by atoms with E-state index >= 15 is 0 Å². The average Bonchev–Trinajstić information content (AvgIpc) is 3.46. The Labute approximate surface area is 187 Å². The van der Waals surface area contributed by atoms with Gasteiger partial charge in [-0.05, 0) is 25.1 Å². The molecule has 4 heterocycles. The first-order valence-corrected chi connectivity index (χ1v) is 10.9. The van der Waals surface area contributed by atoms with Crippen molar-refractivity contribution < 1.29 is 9.53 Å². The maximum Gasteiger partial charge on any atom is 0.323 e. The van der Waals surface area contributed by atoms with Crippen molar-refractivity contribution in [2.45, 2.75) is 6.92 Å². The van der Waals surface area contributed by atoms with Gasteiger partial charge < -0.3 is 9.64 Å². The number of fused-ring (bicyclic) bond motifs is 1. The third kappa shape index (κ3) is 3.79. The van der Waals surface area contributed by atoms with Gasteiger partial charge in [0.25, 0.3) is 0 Å². The highest BCUT2D eigenvalue weighted by atomic mass is 32.1. The Morgan fingerprint density at radius 1 is 1.28 bits per heavy atom. The number of carbonyl (C=O) groups excluding carboxylic acids is 1. The SMILES string of the molecule is Cc1cc(-c2sc(NC(=O)N3CCOCC3)nc2-c2cccc(C#N)c2)c2cn[nH]c2n1. The molecule has 1 aliphatic rings. The van der Waals surface area contributed by atoms with Crippen LogP contribution >= 0.6 is 11.3 Å². The summed E-state index contributed by atoms with van der Waals surface area (Å²) >= 11 is 1.39. The third-order valence-corrected chi connectivity index (χ3v) is 6.20. The van der Waals surface area contributed by atoms with Crippen molar-refractivity contribution in [1.82, 2.24) is 25.1 Å². The molecule has 3 aromatic heterocycles. The number of rotatable bonds is 3. The molecule has 1 saturated heterocycles. The monoisotopic (exact) mass is 445 g/mol. The fourth-order valence-electron chi connectivity index (χ4n) is 3.67. The van der Waals surface area contributed by atoms with E-state index in [1.807, 2.05) is 25.1 Å². The molecule has 0 unspecified atom stereocenters. The number of nitrogens with zero attached hydrogens (tertiary/aromatic N) is 5. The lowest BCUT2D eigenvalue weighted by atomic mass is 10.0. The van der Waals surface area contributed by atoms with Crippen LogP contribution in [-0.4, -0.2) is 57.4 Å². The number of carbonyl (C=O) groups is 1. The molecule has 1 fully saturated rings. The van der Waals surface area contributed by atoms with Gasteiger partial charge in [0.05, 0.1) is 41.6 Å². The second kappa shape index (κ2) is 8.37. The van der Waals surface area contributed by atoms with Gasteiger partial charge in [0.1, 0.15) is 0 Å². The normalized spacial score (nSPS) is 13.8. The molecule has 2 N–H and O–H groups in total. The minimum Gasteiger partial charge on any atom is -0.378 e. The number of morpholine rings is 1. The van der Waals surface area contributed by atoms with E-state index in [2.05, 4.69) is 26.6 Å². The van der Waals surface area contributed by atoms with Gasteiger partial charge in [0.2, 0.25) is 0 Å². The number of hydrogen-bond acceptors (Lipinski definition) is 7. The number of urea groups is 1. The molecule has 1 aliphatic heterocycles. The van der Waals surface area contributed by atoms with Gasteiger partial charge in [-0.3, -0.25) is 10.4 Å². The summed E-state index contributed by atoms with van der Waals surface area (Å²) in [6.07, 6.45) is 1.73. The molecule has 160 valence electrons. The van der Waals surface area contributed by atoms with Crippen LogP contribution in [0, 0.1) is 18.3 Å². The van der Waals surface area contributed by atoms with Crippen LogP contribution in [0.4, 0.5) is 9.93 Å². The number of anilines is 1. The fraction of sp³-hybridized carbons (Fsp3) is 0.227. The summed E-state index contributed by atoms with van der Waals surface area (Å²) in [5.74, 6) is 0. The van der Waals surface area contributed by atoms with E-state index in [4.69, 9.17) is 9.72 Å². The number of nitriles is 1. The zero-order valence-electron chi connectivity index (χ0n) is 17.3. The first-order valence-electron chi connectivity index (χ1n) is 10.1. The van der Waals surface area contributed by atoms with Crippen LogP contribution in [0.1, 0.15) is 11.3 Å². The quantitative estimate of drug-likeness (QED) is 0.495. The van der Waals surface area contributed by atoms with Crippen LogP contribution in [0.5, 0.6) is 0 Å². The number of aryl methyl sites for hydroxylation is 1. The molecule has 0 aliphatic carbocycles. The van der Waals surface area contributed by atoms with Gasteiger partial charge in [-0.2, -0.15) is 10.4 Å². The zero-order chi connectivity index (χ0) is 22.1. The van der Waals surface area contributed by atoms with Crippen molar-refractivity contribution in [3.63, 3.8) is 0 Å². The van der Waals surface area contributed by atoms with E-state index < -0.39 is 0 Å². The maximum atomic E-state index is 12.7. The number of H-pyrrole nitrogens is 1. The molecule has 2 amide bonds. The van der Waals surface area contributed by atoms with Crippen molar-refractivity contribution in [3.8, 4) is 27.8 Å². The highest BCUT2D eigenvalue weighted by Gasteiger charge is 2.22. The Morgan fingerprint density at radius 3 is 2.94 bits per heavy atom. The van der Waals surface area contributed by atoms with Crippen LogP contribution in [0.15, 0.2) is 36.5 Å². The minimum atomic E-state index is -0.203. The second-order valence-electron chi connectivity index (χ2n) is 7.36. The number of thiazole rings is 1. The van der Waals surface area contributed by atoms with Gasteiger partial charge in [-0.25, -0.2) is 14.8 Å². The van der Waals surface area contributed by atoms with E-state index in [0.717, 1.165) is 27.1 Å². The van der Waals surface area contributed by atoms with Crippen LogP contribution in [0.25, 0.3) is 32.7 Å². The lowest BCUT2D eigenvalue weighted by Gasteiger charge is -2.26. The first-order chi connectivity index (χ1) is 15.6. The standard InChI is InChI=1S/C22H19N7O2S/c1-13-9-16(17-12-24-28-20(17)25-13)19-18(15-4-2-3-14(10-15)11-23)26-21(32-19)27-22(30)29-5-7-31-8-6-29/h2-4,9-10,12H,5-8H2,1H3,(H,24,25,28)(H,26,27,30). The number of pyridine rings is 1. The fourth-order valence-corrected chi connectivity index (χ4v) is 4.68. The predicted octanol–water partition coefficient (Wildman–Crippen LogP) is 3.79. The largest absolute Gasteiger partial charge is 0.378 e. The van der Waals surface area contributed by atoms with E-state index in [1.165, 1.54) is 11.3 Å². The van der Waals surface area contributed by atoms with Crippen molar-refractivity contribution in [3.05, 3.63) is 47.8 Å². The number of nitrogens with one attached hydrogen (secondary N) is 2. The molecular weight excluding hydrogens is 426 g/mol. The number of aromatic amines is 1. The zero-order valence-corrected chi connectivity index (χ0v) is 18.1. The van der Waals surface area contributed by atoms with Gasteiger partial charge in [-0.1, -0.05) is 23.5 Å². The van der Waals surface area contributed by atoms with Gasteiger partial charge in [-0.15, -0.1) is 0 Å². The lowest BCUT2D eigenvalue weighted by Crippen LogP contribution is -2.43. The van der Waals surface area contributed by atoms with Gasteiger partial charge >= 0.3 is 6.03 Å². The smallest absolute Gasteiger partial charge is 0.323 e. The summed E-state index contributed by atoms with van der Waals surface area (Å²) in [6.45, 7) is 4.05. The Bertz CT molecular complexity index is 1350. The molecule has 0 atom stereocenters. The maximum absolute atomic E-state index is 12.7. The topological polar surface area (TPSA) is 120 Å². The Morgan fingerprint density at radius 2 is 2.12 bits per heavy atom. The van der Waals surface area contributed by atoms with Crippen molar-refractivity contribution in [2.24, 2.45) is 0 Å². The lowest BCUT2D eigenvalue weighted by molar-refractivity contribution is 0.0564. The van der Waals surface area contributed by atoms with Crippen molar-refractivity contribution in [2.75, 3.05) is 31.6 Å². The molecule has 0 spiro atoms. The van der Waals surface area contributed by atoms with E-state index in [1.54, 1.807) is 23.2 Å². The highest BCUT2D eigenvalue weighted by Crippen LogP contribution is 2.42. The predicted molar refractivity (Wildman–Crippen MR) is 121 cm³/mol. The molecular formula is C22H19N7O2S. The Balaban J connectivity index is 1.61. The summed E-state index contributed by atoms with van der Waals surface area (Å²) in [4.78, 5) is 24.6. The number of amides is 2. The molecule has 32 heavy (non-hydrogen) atoms. The Kier molecular flexibility index (Phi) is 5.26. The number of ether oxygens (including phenoxy) is 1. The summed E-state index contributed by atoms with van der Waals surface area (Å²) in [5.41, 5.74) is 4.47. The van der Waals surface area contributed by atoms with Crippen LogP contribution < -0.4 is 5.32 Å². The molecule has 0 saturated carbocycles. The highest BCUT2D eigenvalue weighted by molar-refractivity contribution is 7.19. The molecule has 0 radical (unpaired) electrons. The first kappa shape index (κ1) is 20.1. The number of hydrogen-bond donors (Lipinski definition) is 2. The van der Waals surface area contributed by atoms with Crippen molar-refractivity contribution in [1.29, 1.82) is 5.26 Å². The number of aromatic nitrogens is 4. The summed E-state index contributed by atoms with van der Waals surface area (Å²) in [5, 5.41) is 20.7. The number of benzene rings is 1. The van der Waals surface area contributed by atoms with E-state index in [0.29, 0.717) is 48.3 Å². The summed E-state index contributed by atoms with van der Waals surface area (Å²) in [6, 6.07) is 11.2. The van der Waals surface area contributed by atoms with Crippen LogP contribution in [0.3, 0.4) is 0 Å². The van der Waals surface area contributed by atoms with Gasteiger partial charge in [0, 0.05) is 35.3 Å². The van der Waals surface area contributed by atoms with Crippen LogP contribution in [0.2, 0.25) is 0 Å². The second-order valence-corrected chi connectivity index (χ2v) is 8.36. The van der Waals surface area contributed by atoms with Crippen molar-refractivity contribution >= 4 is 33.5 Å². The summed E-state index contributed by atoms with van der Waals surface area (Å²) in [7, 11) is 0. The van der Waals surface area contributed by atoms with E-state index in [9.17, 15) is 10.1 Å². The Hall–Kier alpha value is -3.81. The molecule has 4 aromatic rings. The third-order valence-electron chi connectivity index (χ3n) is 5.20. The molecule has 10 heteroatoms.